The molecule has 1 aliphatic rings. The van der Waals surface area contributed by atoms with Crippen LogP contribution >= 0.6 is 0 Å². The number of pyridine rings is 1. The Labute approximate surface area is 107 Å². The Morgan fingerprint density at radius 3 is 2.72 bits per heavy atom. The smallest absolute Gasteiger partial charge is 0.233 e. The maximum Gasteiger partial charge on any atom is 0.233 e. The lowest BCUT2D eigenvalue weighted by molar-refractivity contribution is -0.0540. The number of fused-ring (bicyclic) bond motifs is 1. The fraction of sp³-hybridized carbons (Fsp3) is 0.538. The molecule has 0 saturated carbocycles. The van der Waals surface area contributed by atoms with Gasteiger partial charge in [0, 0.05) is 5.69 Å². The quantitative estimate of drug-likeness (QED) is 0.504. The summed E-state index contributed by atoms with van der Waals surface area (Å²) in [7, 11) is 0. The molecule has 2 N–H and O–H groups in total. The molecular formula is C13H19N3O2. The highest BCUT2D eigenvalue weighted by Crippen LogP contribution is 2.26. The van der Waals surface area contributed by atoms with E-state index >= 15 is 0 Å². The lowest BCUT2D eigenvalue weighted by Gasteiger charge is -2.21. The van der Waals surface area contributed by atoms with Crippen LogP contribution in [-0.4, -0.2) is 17.5 Å². The van der Waals surface area contributed by atoms with Gasteiger partial charge in [0.05, 0.1) is 5.69 Å². The largest absolute Gasteiger partial charge is 0.365 e. The van der Waals surface area contributed by atoms with Crippen molar-refractivity contribution in [2.24, 2.45) is 11.1 Å². The summed E-state index contributed by atoms with van der Waals surface area (Å²) in [4.78, 5) is 14.0. The van der Waals surface area contributed by atoms with E-state index in [9.17, 15) is 0 Å². The molecule has 5 heteroatoms. The van der Waals surface area contributed by atoms with Crippen molar-refractivity contribution in [1.82, 2.24) is 4.98 Å². The van der Waals surface area contributed by atoms with Crippen LogP contribution in [0.1, 0.15) is 40.9 Å². The van der Waals surface area contributed by atoms with Crippen molar-refractivity contribution in [3.8, 4) is 0 Å². The minimum Gasteiger partial charge on any atom is -0.365 e. The Kier molecular flexibility index (Phi) is 3.93. The fourth-order valence-electron chi connectivity index (χ4n) is 2.31. The minimum atomic E-state index is -0.0390. The molecule has 0 atom stereocenters. The van der Waals surface area contributed by atoms with Crippen LogP contribution < -0.4 is 5.90 Å². The number of nitrogens with two attached hydrogens (primary N) is 1. The van der Waals surface area contributed by atoms with Gasteiger partial charge in [-0.25, -0.2) is 5.90 Å². The molecule has 1 aliphatic carbocycles. The standard InChI is InChI=1S/C13H19N3O2/c1-8-9(2)11-5-4-6-12(16-18-7-17-14)13(11)15-10(8)3/h4-7,14H2,1-3H3/b16-12+. The molecule has 1 aromatic heterocycles. The molecule has 0 fully saturated rings. The predicted molar refractivity (Wildman–Crippen MR) is 69.1 cm³/mol. The number of aryl methyl sites for hydroxylation is 1. The van der Waals surface area contributed by atoms with Gasteiger partial charge >= 0.3 is 0 Å². The van der Waals surface area contributed by atoms with Gasteiger partial charge in [-0.3, -0.25) is 9.82 Å². The van der Waals surface area contributed by atoms with Gasteiger partial charge in [0.2, 0.25) is 6.79 Å². The van der Waals surface area contributed by atoms with Crippen LogP contribution in [0.2, 0.25) is 0 Å². The molecule has 0 aliphatic heterocycles. The van der Waals surface area contributed by atoms with Gasteiger partial charge in [0.15, 0.2) is 0 Å². The highest BCUT2D eigenvalue weighted by atomic mass is 16.8. The summed E-state index contributed by atoms with van der Waals surface area (Å²) < 4.78 is 0. The van der Waals surface area contributed by atoms with Gasteiger partial charge in [-0.05, 0) is 56.7 Å². The molecule has 0 bridgehead atoms. The van der Waals surface area contributed by atoms with Crippen molar-refractivity contribution < 1.29 is 9.68 Å². The van der Waals surface area contributed by atoms with E-state index in [0.717, 1.165) is 36.4 Å². The first kappa shape index (κ1) is 13.0. The summed E-state index contributed by atoms with van der Waals surface area (Å²) in [6.07, 6.45) is 3.01. The number of aromatic nitrogens is 1. The van der Waals surface area contributed by atoms with E-state index < -0.39 is 0 Å². The Balaban J connectivity index is 2.40. The SMILES string of the molecule is Cc1nc2c(c(C)c1C)CCC/C2=N\OCON. The average molecular weight is 249 g/mol. The number of rotatable bonds is 3. The first-order valence-electron chi connectivity index (χ1n) is 6.12. The zero-order valence-electron chi connectivity index (χ0n) is 11.1. The van der Waals surface area contributed by atoms with Gasteiger partial charge in [-0.1, -0.05) is 5.16 Å². The van der Waals surface area contributed by atoms with Gasteiger partial charge in [-0.2, -0.15) is 0 Å². The molecule has 0 aromatic carbocycles. The second-order valence-electron chi connectivity index (χ2n) is 4.58. The van der Waals surface area contributed by atoms with E-state index in [1.54, 1.807) is 0 Å². The molecule has 0 unspecified atom stereocenters. The van der Waals surface area contributed by atoms with Crippen molar-refractivity contribution in [2.45, 2.75) is 40.0 Å². The number of nitrogens with zero attached hydrogens (tertiary/aromatic N) is 2. The lowest BCUT2D eigenvalue weighted by Crippen LogP contribution is -2.18. The van der Waals surface area contributed by atoms with Crippen LogP contribution in [0.15, 0.2) is 5.16 Å². The van der Waals surface area contributed by atoms with E-state index in [4.69, 9.17) is 10.7 Å². The number of oxime groups is 1. The zero-order chi connectivity index (χ0) is 13.1. The molecular weight excluding hydrogens is 230 g/mol. The summed E-state index contributed by atoms with van der Waals surface area (Å²) in [6.45, 7) is 6.25. The first-order valence-corrected chi connectivity index (χ1v) is 6.12. The predicted octanol–water partition coefficient (Wildman–Crippen LogP) is 1.91. The van der Waals surface area contributed by atoms with Crippen LogP contribution in [0.4, 0.5) is 0 Å². The highest BCUT2D eigenvalue weighted by Gasteiger charge is 2.21. The van der Waals surface area contributed by atoms with Crippen LogP contribution in [0.3, 0.4) is 0 Å². The third-order valence-electron chi connectivity index (χ3n) is 3.53. The summed E-state index contributed by atoms with van der Waals surface area (Å²) in [5, 5.41) is 4.08. The molecule has 0 radical (unpaired) electrons. The molecule has 5 nitrogen and oxygen atoms in total. The molecule has 18 heavy (non-hydrogen) atoms. The normalized spacial score (nSPS) is 16.8. The second kappa shape index (κ2) is 5.46. The number of hydrogen-bond acceptors (Lipinski definition) is 5. The topological polar surface area (TPSA) is 69.7 Å². The molecule has 1 heterocycles. The summed E-state index contributed by atoms with van der Waals surface area (Å²) in [5.74, 6) is 4.90. The second-order valence-corrected chi connectivity index (χ2v) is 4.58. The summed E-state index contributed by atoms with van der Waals surface area (Å²) in [5.41, 5.74) is 6.79. The number of hydrogen-bond donors (Lipinski definition) is 1. The van der Waals surface area contributed by atoms with Crippen LogP contribution in [0, 0.1) is 20.8 Å². The minimum absolute atomic E-state index is 0.0390. The molecule has 2 rings (SSSR count). The zero-order valence-corrected chi connectivity index (χ0v) is 11.1. The van der Waals surface area contributed by atoms with E-state index in [1.807, 2.05) is 6.92 Å². The van der Waals surface area contributed by atoms with Crippen molar-refractivity contribution in [1.29, 1.82) is 0 Å². The van der Waals surface area contributed by atoms with Gasteiger partial charge < -0.3 is 4.84 Å². The Morgan fingerprint density at radius 1 is 1.22 bits per heavy atom. The van der Waals surface area contributed by atoms with E-state index in [2.05, 4.69) is 28.8 Å². The maximum atomic E-state index is 4.99. The Bertz CT molecular complexity index is 484. The molecule has 0 spiro atoms. The molecule has 98 valence electrons. The van der Waals surface area contributed by atoms with Gasteiger partial charge in [-0.15, -0.1) is 0 Å². The van der Waals surface area contributed by atoms with Gasteiger partial charge in [0.25, 0.3) is 0 Å². The Hall–Kier alpha value is -1.46. The van der Waals surface area contributed by atoms with Crippen molar-refractivity contribution in [3.05, 3.63) is 28.1 Å². The monoisotopic (exact) mass is 249 g/mol. The van der Waals surface area contributed by atoms with E-state index in [0.29, 0.717) is 0 Å². The van der Waals surface area contributed by atoms with Gasteiger partial charge in [0.1, 0.15) is 5.71 Å². The lowest BCUT2D eigenvalue weighted by atomic mass is 9.89. The summed E-state index contributed by atoms with van der Waals surface area (Å²) in [6, 6.07) is 0. The van der Waals surface area contributed by atoms with Crippen LogP contribution in [0.25, 0.3) is 0 Å². The van der Waals surface area contributed by atoms with E-state index in [-0.39, 0.29) is 6.79 Å². The van der Waals surface area contributed by atoms with Crippen molar-refractivity contribution in [2.75, 3.05) is 6.79 Å². The molecule has 1 aromatic rings. The fourth-order valence-corrected chi connectivity index (χ4v) is 2.31. The third kappa shape index (κ3) is 2.37. The Morgan fingerprint density at radius 2 is 2.00 bits per heavy atom. The third-order valence-corrected chi connectivity index (χ3v) is 3.53. The maximum absolute atomic E-state index is 4.99. The van der Waals surface area contributed by atoms with Crippen LogP contribution in [-0.2, 0) is 16.1 Å². The van der Waals surface area contributed by atoms with Crippen LogP contribution in [0.5, 0.6) is 0 Å². The van der Waals surface area contributed by atoms with Crippen molar-refractivity contribution in [3.63, 3.8) is 0 Å². The highest BCUT2D eigenvalue weighted by molar-refractivity contribution is 6.01. The summed E-state index contributed by atoms with van der Waals surface area (Å²) >= 11 is 0. The average Bonchev–Trinajstić information content (AvgIpc) is 2.37. The van der Waals surface area contributed by atoms with Crippen molar-refractivity contribution >= 4 is 5.71 Å². The molecule has 0 amide bonds. The van der Waals surface area contributed by atoms with E-state index in [1.165, 1.54) is 16.7 Å². The molecule has 0 saturated heterocycles. The first-order chi connectivity index (χ1) is 8.65.